The highest BCUT2D eigenvalue weighted by molar-refractivity contribution is 5.83. The first-order valence-electron chi connectivity index (χ1n) is 8.15. The number of ether oxygens (including phenoxy) is 1. The number of fused-ring (bicyclic) bond motifs is 3. The highest BCUT2D eigenvalue weighted by Crippen LogP contribution is 2.49. The molecule has 0 radical (unpaired) electrons. The van der Waals surface area contributed by atoms with E-state index < -0.39 is 11.4 Å². The van der Waals surface area contributed by atoms with E-state index >= 15 is 0 Å². The second-order valence-corrected chi connectivity index (χ2v) is 6.73. The predicted molar refractivity (Wildman–Crippen MR) is 86.3 cm³/mol. The van der Waals surface area contributed by atoms with Crippen molar-refractivity contribution in [2.75, 3.05) is 19.7 Å². The predicted octanol–water partition coefficient (Wildman–Crippen LogP) is 1.61. The van der Waals surface area contributed by atoms with Gasteiger partial charge in [0.05, 0.1) is 12.1 Å². The number of carboxylic acids is 1. The Hall–Kier alpha value is -2.83. The Balaban J connectivity index is 1.62. The Bertz CT molecular complexity index is 845. The first-order chi connectivity index (χ1) is 12.0. The number of amides is 1. The maximum atomic E-state index is 12.6. The third kappa shape index (κ3) is 2.47. The first-order valence-corrected chi connectivity index (χ1v) is 8.15. The molecule has 2 aromatic rings. The molecular formula is C18H18N2O5. The number of carbonyl (C=O) groups excluding carboxylic acids is 1. The average molecular weight is 342 g/mol. The van der Waals surface area contributed by atoms with Crippen LogP contribution in [0.4, 0.5) is 0 Å². The zero-order valence-corrected chi connectivity index (χ0v) is 13.8. The molecule has 7 nitrogen and oxygen atoms in total. The van der Waals surface area contributed by atoms with Crippen molar-refractivity contribution in [2.24, 2.45) is 5.41 Å². The number of aryl methyl sites for hydroxylation is 1. The molecule has 3 heterocycles. The van der Waals surface area contributed by atoms with Crippen molar-refractivity contribution in [3.63, 3.8) is 0 Å². The van der Waals surface area contributed by atoms with E-state index in [0.717, 1.165) is 5.56 Å². The van der Waals surface area contributed by atoms with Gasteiger partial charge in [-0.1, -0.05) is 23.4 Å². The van der Waals surface area contributed by atoms with Crippen LogP contribution in [0.25, 0.3) is 0 Å². The van der Waals surface area contributed by atoms with Crippen LogP contribution >= 0.6 is 0 Å². The normalized spacial score (nSPS) is 24.4. The van der Waals surface area contributed by atoms with Gasteiger partial charge in [0.25, 0.3) is 0 Å². The maximum absolute atomic E-state index is 12.6. The van der Waals surface area contributed by atoms with Crippen molar-refractivity contribution >= 4 is 11.9 Å². The monoisotopic (exact) mass is 342 g/mol. The van der Waals surface area contributed by atoms with Gasteiger partial charge in [-0.25, -0.2) is 0 Å². The number of carbonyl (C=O) groups is 2. The number of para-hydroxylation sites is 1. The Labute approximate surface area is 144 Å². The van der Waals surface area contributed by atoms with E-state index in [-0.39, 0.29) is 31.4 Å². The zero-order chi connectivity index (χ0) is 17.6. The molecule has 4 rings (SSSR count). The van der Waals surface area contributed by atoms with E-state index in [1.165, 1.54) is 0 Å². The molecule has 2 atom stereocenters. The molecule has 1 aromatic carbocycles. The second-order valence-electron chi connectivity index (χ2n) is 6.73. The maximum Gasteiger partial charge on any atom is 0.315 e. The SMILES string of the molecule is Cc1cc(CC(=O)N2C[C@H]3c4ccccc4OC[C@@]3(C(=O)O)C2)on1. The van der Waals surface area contributed by atoms with Gasteiger partial charge in [0.2, 0.25) is 5.91 Å². The van der Waals surface area contributed by atoms with E-state index in [4.69, 9.17) is 9.26 Å². The summed E-state index contributed by atoms with van der Waals surface area (Å²) >= 11 is 0. The molecule has 130 valence electrons. The van der Waals surface area contributed by atoms with Crippen molar-refractivity contribution < 1.29 is 24.0 Å². The number of aromatic nitrogens is 1. The minimum Gasteiger partial charge on any atom is -0.492 e. The number of hydrogen-bond donors (Lipinski definition) is 1. The van der Waals surface area contributed by atoms with Crippen LogP contribution < -0.4 is 4.74 Å². The van der Waals surface area contributed by atoms with Crippen molar-refractivity contribution in [1.29, 1.82) is 0 Å². The van der Waals surface area contributed by atoms with Crippen molar-refractivity contribution in [3.05, 3.63) is 47.3 Å². The highest BCUT2D eigenvalue weighted by Gasteiger charge is 2.57. The topological polar surface area (TPSA) is 92.9 Å². The van der Waals surface area contributed by atoms with Crippen LogP contribution in [0.15, 0.2) is 34.9 Å². The van der Waals surface area contributed by atoms with Gasteiger partial charge < -0.3 is 19.3 Å². The summed E-state index contributed by atoms with van der Waals surface area (Å²) in [5, 5.41) is 13.7. The van der Waals surface area contributed by atoms with Crippen LogP contribution in [0.5, 0.6) is 5.75 Å². The fourth-order valence-corrected chi connectivity index (χ4v) is 3.79. The number of carboxylic acid groups (broad SMARTS) is 1. The van der Waals surface area contributed by atoms with Crippen LogP contribution in [-0.2, 0) is 16.0 Å². The van der Waals surface area contributed by atoms with Gasteiger partial charge in [0.15, 0.2) is 0 Å². The summed E-state index contributed by atoms with van der Waals surface area (Å²) in [4.78, 5) is 26.3. The second kappa shape index (κ2) is 5.61. The molecule has 1 saturated heterocycles. The fourth-order valence-electron chi connectivity index (χ4n) is 3.79. The third-order valence-corrected chi connectivity index (χ3v) is 5.10. The molecular weight excluding hydrogens is 324 g/mol. The van der Waals surface area contributed by atoms with E-state index in [2.05, 4.69) is 5.16 Å². The van der Waals surface area contributed by atoms with Crippen LogP contribution in [0.1, 0.15) is 22.9 Å². The zero-order valence-electron chi connectivity index (χ0n) is 13.8. The van der Waals surface area contributed by atoms with E-state index in [1.807, 2.05) is 24.3 Å². The molecule has 7 heteroatoms. The Morgan fingerprint density at radius 2 is 2.20 bits per heavy atom. The highest BCUT2D eigenvalue weighted by atomic mass is 16.5. The van der Waals surface area contributed by atoms with Crippen molar-refractivity contribution in [3.8, 4) is 5.75 Å². The Morgan fingerprint density at radius 3 is 2.92 bits per heavy atom. The average Bonchev–Trinajstić information content (AvgIpc) is 3.19. The number of aliphatic carboxylic acids is 1. The summed E-state index contributed by atoms with van der Waals surface area (Å²) in [6, 6.07) is 9.15. The van der Waals surface area contributed by atoms with Crippen LogP contribution in [-0.4, -0.2) is 46.7 Å². The van der Waals surface area contributed by atoms with Crippen LogP contribution in [0.2, 0.25) is 0 Å². The quantitative estimate of drug-likeness (QED) is 0.911. The number of benzene rings is 1. The lowest BCUT2D eigenvalue weighted by Crippen LogP contribution is -2.46. The summed E-state index contributed by atoms with van der Waals surface area (Å²) in [6.45, 7) is 2.34. The Kier molecular flexibility index (Phi) is 3.52. The van der Waals surface area contributed by atoms with E-state index in [1.54, 1.807) is 17.9 Å². The van der Waals surface area contributed by atoms with Gasteiger partial charge >= 0.3 is 5.97 Å². The van der Waals surface area contributed by atoms with Gasteiger partial charge in [-0.3, -0.25) is 9.59 Å². The van der Waals surface area contributed by atoms with Crippen LogP contribution in [0, 0.1) is 12.3 Å². The number of hydrogen-bond acceptors (Lipinski definition) is 5. The standard InChI is InChI=1S/C18H18N2O5/c1-11-6-12(25-19-11)7-16(21)20-8-14-13-4-2-3-5-15(13)24-10-18(14,9-20)17(22)23/h2-6,14H,7-10H2,1H3,(H,22,23)/t14-,18-/m0/s1. The molecule has 2 aliphatic rings. The summed E-state index contributed by atoms with van der Waals surface area (Å²) in [5.41, 5.74) is 0.450. The fraction of sp³-hybridized carbons (Fsp3) is 0.389. The third-order valence-electron chi connectivity index (χ3n) is 5.10. The molecule has 1 aromatic heterocycles. The van der Waals surface area contributed by atoms with Gasteiger partial charge in [0, 0.05) is 30.6 Å². The molecule has 2 aliphatic heterocycles. The Morgan fingerprint density at radius 1 is 1.40 bits per heavy atom. The molecule has 1 fully saturated rings. The van der Waals surface area contributed by atoms with Crippen LogP contribution in [0.3, 0.4) is 0 Å². The van der Waals surface area contributed by atoms with Gasteiger partial charge in [-0.05, 0) is 13.0 Å². The van der Waals surface area contributed by atoms with Crippen molar-refractivity contribution in [1.82, 2.24) is 10.1 Å². The smallest absolute Gasteiger partial charge is 0.315 e. The van der Waals surface area contributed by atoms with Gasteiger partial charge in [0.1, 0.15) is 23.5 Å². The largest absolute Gasteiger partial charge is 0.492 e. The molecule has 25 heavy (non-hydrogen) atoms. The summed E-state index contributed by atoms with van der Waals surface area (Å²) in [5.74, 6) is -0.195. The lowest BCUT2D eigenvalue weighted by atomic mass is 9.73. The van der Waals surface area contributed by atoms with Gasteiger partial charge in [-0.15, -0.1) is 0 Å². The molecule has 0 aliphatic carbocycles. The first kappa shape index (κ1) is 15.7. The van der Waals surface area contributed by atoms with E-state index in [0.29, 0.717) is 23.7 Å². The minimum atomic E-state index is -1.11. The van der Waals surface area contributed by atoms with Gasteiger partial charge in [-0.2, -0.15) is 0 Å². The minimum absolute atomic E-state index is 0.0647. The molecule has 0 spiro atoms. The lowest BCUT2D eigenvalue weighted by Gasteiger charge is -2.35. The molecule has 0 bridgehead atoms. The number of rotatable bonds is 3. The summed E-state index contributed by atoms with van der Waals surface area (Å²) < 4.78 is 10.8. The molecule has 0 unspecified atom stereocenters. The number of nitrogens with zero attached hydrogens (tertiary/aromatic N) is 2. The molecule has 1 amide bonds. The van der Waals surface area contributed by atoms with Crippen molar-refractivity contribution in [2.45, 2.75) is 19.3 Å². The summed E-state index contributed by atoms with van der Waals surface area (Å²) in [7, 11) is 0. The molecule has 1 N–H and O–H groups in total. The number of likely N-dealkylation sites (tertiary alicyclic amines) is 1. The molecule has 0 saturated carbocycles. The summed E-state index contributed by atoms with van der Waals surface area (Å²) in [6.07, 6.45) is 0.0752. The lowest BCUT2D eigenvalue weighted by molar-refractivity contribution is -0.152. The van der Waals surface area contributed by atoms with E-state index in [9.17, 15) is 14.7 Å².